The quantitative estimate of drug-likeness (QED) is 0.704. The fraction of sp³-hybridized carbons (Fsp3) is 0.533. The molecule has 0 aliphatic heterocycles. The lowest BCUT2D eigenvalue weighted by atomic mass is 10.2. The van der Waals surface area contributed by atoms with Crippen LogP contribution in [0.2, 0.25) is 0 Å². The molecular weight excluding hydrogens is 208 g/mol. The Labute approximate surface area is 103 Å². The monoisotopic (exact) mass is 228 g/mol. The van der Waals surface area contributed by atoms with Gasteiger partial charge in [-0.1, -0.05) is 31.9 Å². The zero-order valence-electron chi connectivity index (χ0n) is 10.5. The Morgan fingerprint density at radius 3 is 2.82 bits per heavy atom. The molecule has 1 heterocycles. The predicted molar refractivity (Wildman–Crippen MR) is 71.2 cm³/mol. The lowest BCUT2D eigenvalue weighted by molar-refractivity contribution is 0.592. The third-order valence-corrected chi connectivity index (χ3v) is 3.61. The number of unbranched alkanes of at least 4 members (excludes halogenated alkanes) is 2. The summed E-state index contributed by atoms with van der Waals surface area (Å²) in [7, 11) is 0. The van der Waals surface area contributed by atoms with Crippen LogP contribution in [0, 0.1) is 0 Å². The summed E-state index contributed by atoms with van der Waals surface area (Å²) in [6.07, 6.45) is 6.53. The molecule has 1 aliphatic rings. The summed E-state index contributed by atoms with van der Waals surface area (Å²) in [5.41, 5.74) is 2.50. The molecule has 2 aromatic rings. The smallest absolute Gasteiger partial charge is 0.112 e. The van der Waals surface area contributed by atoms with Gasteiger partial charge in [0.2, 0.25) is 0 Å². The van der Waals surface area contributed by atoms with Crippen molar-refractivity contribution >= 4 is 11.0 Å². The summed E-state index contributed by atoms with van der Waals surface area (Å²) in [4.78, 5) is 4.82. The third-order valence-electron chi connectivity index (χ3n) is 3.61. The average molecular weight is 228 g/mol. The highest BCUT2D eigenvalue weighted by molar-refractivity contribution is 5.76. The second-order valence-corrected chi connectivity index (χ2v) is 5.09. The Bertz CT molecular complexity index is 509. The molecule has 0 spiro atoms. The molecule has 0 amide bonds. The van der Waals surface area contributed by atoms with Gasteiger partial charge in [0.05, 0.1) is 11.0 Å². The number of aromatic nitrogens is 2. The topological polar surface area (TPSA) is 17.8 Å². The van der Waals surface area contributed by atoms with E-state index in [0.717, 1.165) is 12.5 Å². The molecule has 0 N–H and O–H groups in total. The maximum absolute atomic E-state index is 4.82. The number of para-hydroxylation sites is 2. The van der Waals surface area contributed by atoms with Gasteiger partial charge in [0.25, 0.3) is 0 Å². The van der Waals surface area contributed by atoms with Gasteiger partial charge in [0.1, 0.15) is 5.82 Å². The largest absolute Gasteiger partial charge is 0.328 e. The van der Waals surface area contributed by atoms with Gasteiger partial charge in [0.15, 0.2) is 0 Å². The molecule has 2 heteroatoms. The Hall–Kier alpha value is -1.31. The molecule has 0 bridgehead atoms. The molecule has 2 nitrogen and oxygen atoms in total. The molecule has 3 rings (SSSR count). The van der Waals surface area contributed by atoms with Gasteiger partial charge < -0.3 is 4.57 Å². The Balaban J connectivity index is 1.96. The molecule has 17 heavy (non-hydrogen) atoms. The number of hydrogen-bond donors (Lipinski definition) is 0. The third kappa shape index (κ3) is 2.08. The molecule has 1 aromatic carbocycles. The minimum absolute atomic E-state index is 0.740. The lowest BCUT2D eigenvalue weighted by Crippen LogP contribution is -2.02. The van der Waals surface area contributed by atoms with Crippen molar-refractivity contribution < 1.29 is 0 Å². The highest BCUT2D eigenvalue weighted by atomic mass is 15.1. The van der Waals surface area contributed by atoms with Crippen LogP contribution >= 0.6 is 0 Å². The molecular formula is C15H20N2. The van der Waals surface area contributed by atoms with Gasteiger partial charge in [-0.05, 0) is 31.4 Å². The molecule has 0 saturated heterocycles. The minimum Gasteiger partial charge on any atom is -0.328 e. The van der Waals surface area contributed by atoms with Crippen molar-refractivity contribution in [2.75, 3.05) is 0 Å². The standard InChI is InChI=1S/C15H20N2/c1-2-3-6-11-17-14-8-5-4-7-13(14)16-15(17)12-9-10-12/h4-5,7-8,12H,2-3,6,9-11H2,1H3. The van der Waals surface area contributed by atoms with E-state index in [1.165, 1.54) is 49.0 Å². The van der Waals surface area contributed by atoms with Crippen LogP contribution in [-0.4, -0.2) is 9.55 Å². The van der Waals surface area contributed by atoms with Crippen LogP contribution in [0.25, 0.3) is 11.0 Å². The first-order valence-corrected chi connectivity index (χ1v) is 6.85. The second-order valence-electron chi connectivity index (χ2n) is 5.09. The van der Waals surface area contributed by atoms with Crippen LogP contribution in [0.15, 0.2) is 24.3 Å². The first-order chi connectivity index (χ1) is 8.40. The highest BCUT2D eigenvalue weighted by Gasteiger charge is 2.29. The van der Waals surface area contributed by atoms with E-state index in [-0.39, 0.29) is 0 Å². The summed E-state index contributed by atoms with van der Waals surface area (Å²) in [5.74, 6) is 2.08. The molecule has 1 aromatic heterocycles. The van der Waals surface area contributed by atoms with Gasteiger partial charge >= 0.3 is 0 Å². The number of aryl methyl sites for hydroxylation is 1. The number of benzene rings is 1. The number of nitrogens with zero attached hydrogens (tertiary/aromatic N) is 2. The Kier molecular flexibility index (Phi) is 2.87. The van der Waals surface area contributed by atoms with Gasteiger partial charge in [-0.3, -0.25) is 0 Å². The SMILES string of the molecule is CCCCCn1c(C2CC2)nc2ccccc21. The zero-order chi connectivity index (χ0) is 11.7. The zero-order valence-corrected chi connectivity index (χ0v) is 10.5. The van der Waals surface area contributed by atoms with E-state index < -0.39 is 0 Å². The summed E-state index contributed by atoms with van der Waals surface area (Å²) in [6, 6.07) is 8.55. The predicted octanol–water partition coefficient (Wildman–Crippen LogP) is 4.10. The number of fused-ring (bicyclic) bond motifs is 1. The summed E-state index contributed by atoms with van der Waals surface area (Å²) in [6.45, 7) is 3.40. The van der Waals surface area contributed by atoms with Gasteiger partial charge in [0, 0.05) is 12.5 Å². The number of imidazole rings is 1. The molecule has 90 valence electrons. The minimum atomic E-state index is 0.740. The summed E-state index contributed by atoms with van der Waals surface area (Å²) < 4.78 is 2.46. The van der Waals surface area contributed by atoms with E-state index in [9.17, 15) is 0 Å². The van der Waals surface area contributed by atoms with E-state index in [4.69, 9.17) is 4.98 Å². The lowest BCUT2D eigenvalue weighted by Gasteiger charge is -2.07. The van der Waals surface area contributed by atoms with Crippen molar-refractivity contribution in [1.82, 2.24) is 9.55 Å². The average Bonchev–Trinajstić information content (AvgIpc) is 3.13. The number of rotatable bonds is 5. The van der Waals surface area contributed by atoms with Gasteiger partial charge in [-0.25, -0.2) is 4.98 Å². The Morgan fingerprint density at radius 1 is 1.24 bits per heavy atom. The van der Waals surface area contributed by atoms with Gasteiger partial charge in [-0.15, -0.1) is 0 Å². The van der Waals surface area contributed by atoms with Crippen LogP contribution in [0.5, 0.6) is 0 Å². The molecule has 1 saturated carbocycles. The van der Waals surface area contributed by atoms with Crippen molar-refractivity contribution in [3.63, 3.8) is 0 Å². The first kappa shape index (κ1) is 10.8. The molecule has 0 radical (unpaired) electrons. The first-order valence-electron chi connectivity index (χ1n) is 6.85. The molecule has 1 aliphatic carbocycles. The molecule has 1 fully saturated rings. The normalized spacial score (nSPS) is 15.6. The van der Waals surface area contributed by atoms with Gasteiger partial charge in [-0.2, -0.15) is 0 Å². The van der Waals surface area contributed by atoms with E-state index >= 15 is 0 Å². The van der Waals surface area contributed by atoms with Crippen LogP contribution in [0.4, 0.5) is 0 Å². The van der Waals surface area contributed by atoms with E-state index in [2.05, 4.69) is 35.8 Å². The maximum Gasteiger partial charge on any atom is 0.112 e. The van der Waals surface area contributed by atoms with Crippen molar-refractivity contribution in [2.45, 2.75) is 51.5 Å². The van der Waals surface area contributed by atoms with Crippen molar-refractivity contribution in [3.05, 3.63) is 30.1 Å². The van der Waals surface area contributed by atoms with Crippen LogP contribution in [-0.2, 0) is 6.54 Å². The van der Waals surface area contributed by atoms with Crippen molar-refractivity contribution in [2.24, 2.45) is 0 Å². The highest BCUT2D eigenvalue weighted by Crippen LogP contribution is 2.40. The maximum atomic E-state index is 4.82. The summed E-state index contributed by atoms with van der Waals surface area (Å²) >= 11 is 0. The number of hydrogen-bond acceptors (Lipinski definition) is 1. The Morgan fingerprint density at radius 2 is 2.06 bits per heavy atom. The van der Waals surface area contributed by atoms with Crippen LogP contribution in [0.1, 0.15) is 50.8 Å². The van der Waals surface area contributed by atoms with E-state index in [1.54, 1.807) is 0 Å². The van der Waals surface area contributed by atoms with Crippen molar-refractivity contribution in [1.29, 1.82) is 0 Å². The molecule has 0 unspecified atom stereocenters. The second kappa shape index (κ2) is 4.52. The van der Waals surface area contributed by atoms with Crippen LogP contribution < -0.4 is 0 Å². The summed E-state index contributed by atoms with van der Waals surface area (Å²) in [5, 5.41) is 0. The van der Waals surface area contributed by atoms with E-state index in [0.29, 0.717) is 0 Å². The van der Waals surface area contributed by atoms with Crippen LogP contribution in [0.3, 0.4) is 0 Å². The van der Waals surface area contributed by atoms with E-state index in [1.807, 2.05) is 0 Å². The van der Waals surface area contributed by atoms with Crippen molar-refractivity contribution in [3.8, 4) is 0 Å². The fourth-order valence-electron chi connectivity index (χ4n) is 2.50. The fourth-order valence-corrected chi connectivity index (χ4v) is 2.50. The molecule has 0 atom stereocenters.